The Morgan fingerprint density at radius 2 is 2.12 bits per heavy atom. The molecule has 2 rings (SSSR count). The second kappa shape index (κ2) is 4.24. The van der Waals surface area contributed by atoms with Crippen LogP contribution in [0.2, 0.25) is 0 Å². The van der Waals surface area contributed by atoms with Crippen molar-refractivity contribution in [2.45, 2.75) is 45.3 Å². The number of carbonyl (C=O) groups is 1. The SMILES string of the molecule is CC(C)(C)OC(=O)N1C[C@H]2CCC[NH2+][C@@H]2C1. The van der Waals surface area contributed by atoms with Crippen molar-refractivity contribution in [3.8, 4) is 0 Å². The number of fused-ring (bicyclic) bond motifs is 1. The van der Waals surface area contributed by atoms with Gasteiger partial charge in [0, 0.05) is 12.5 Å². The van der Waals surface area contributed by atoms with Crippen molar-refractivity contribution < 1.29 is 14.8 Å². The number of ether oxygens (including phenoxy) is 1. The van der Waals surface area contributed by atoms with Crippen molar-refractivity contribution in [2.24, 2.45) is 5.92 Å². The lowest BCUT2D eigenvalue weighted by Gasteiger charge is -2.24. The number of likely N-dealkylation sites (tertiary alicyclic amines) is 1. The highest BCUT2D eigenvalue weighted by molar-refractivity contribution is 5.68. The van der Waals surface area contributed by atoms with Crippen LogP contribution >= 0.6 is 0 Å². The standard InChI is InChI=1S/C12H22N2O2/c1-12(2,3)16-11(15)14-7-9-5-4-6-13-10(9)8-14/h9-10,13H,4-8H2,1-3H3/p+1/t9-,10-/m1/s1. The molecule has 2 atom stereocenters. The number of carbonyl (C=O) groups excluding carboxylic acids is 1. The first-order valence-electron chi connectivity index (χ1n) is 6.27. The molecule has 0 aliphatic carbocycles. The molecule has 4 heteroatoms. The Hall–Kier alpha value is -0.770. The van der Waals surface area contributed by atoms with E-state index in [2.05, 4.69) is 5.32 Å². The molecule has 1 amide bonds. The maximum absolute atomic E-state index is 11.9. The van der Waals surface area contributed by atoms with E-state index in [-0.39, 0.29) is 11.7 Å². The highest BCUT2D eigenvalue weighted by atomic mass is 16.6. The molecule has 0 aromatic rings. The summed E-state index contributed by atoms with van der Waals surface area (Å²) in [6, 6.07) is 0.612. The molecule has 0 radical (unpaired) electrons. The summed E-state index contributed by atoms with van der Waals surface area (Å²) in [7, 11) is 0. The quantitative estimate of drug-likeness (QED) is 0.658. The lowest BCUT2D eigenvalue weighted by Crippen LogP contribution is -2.93. The van der Waals surface area contributed by atoms with E-state index in [9.17, 15) is 4.79 Å². The monoisotopic (exact) mass is 227 g/mol. The van der Waals surface area contributed by atoms with Gasteiger partial charge in [-0.25, -0.2) is 4.79 Å². The summed E-state index contributed by atoms with van der Waals surface area (Å²) in [5, 5.41) is 2.39. The Balaban J connectivity index is 1.90. The van der Waals surface area contributed by atoms with Crippen LogP contribution in [0.25, 0.3) is 0 Å². The number of hydrogen-bond donors (Lipinski definition) is 1. The van der Waals surface area contributed by atoms with E-state index in [1.165, 1.54) is 19.4 Å². The largest absolute Gasteiger partial charge is 0.444 e. The van der Waals surface area contributed by atoms with Crippen LogP contribution in [0.1, 0.15) is 33.6 Å². The van der Waals surface area contributed by atoms with Gasteiger partial charge in [-0.3, -0.25) is 0 Å². The topological polar surface area (TPSA) is 46.1 Å². The highest BCUT2D eigenvalue weighted by Crippen LogP contribution is 2.23. The maximum Gasteiger partial charge on any atom is 0.410 e. The third kappa shape index (κ3) is 2.67. The number of nitrogens with two attached hydrogens (primary N) is 1. The van der Waals surface area contributed by atoms with Crippen molar-refractivity contribution in [2.75, 3.05) is 19.6 Å². The van der Waals surface area contributed by atoms with Crippen LogP contribution in [-0.2, 0) is 4.74 Å². The Kier molecular flexibility index (Phi) is 3.10. The zero-order valence-corrected chi connectivity index (χ0v) is 10.5. The third-order valence-corrected chi connectivity index (χ3v) is 3.39. The molecular formula is C12H23N2O2+. The fourth-order valence-corrected chi connectivity index (χ4v) is 2.66. The molecule has 0 saturated carbocycles. The Morgan fingerprint density at radius 1 is 1.38 bits per heavy atom. The first-order chi connectivity index (χ1) is 7.46. The highest BCUT2D eigenvalue weighted by Gasteiger charge is 2.40. The second-order valence-electron chi connectivity index (χ2n) is 5.98. The van der Waals surface area contributed by atoms with E-state index in [0.717, 1.165) is 13.1 Å². The summed E-state index contributed by atoms with van der Waals surface area (Å²) >= 11 is 0. The van der Waals surface area contributed by atoms with Crippen molar-refractivity contribution in [1.29, 1.82) is 0 Å². The predicted octanol–water partition coefficient (Wildman–Crippen LogP) is 0.579. The first-order valence-corrected chi connectivity index (χ1v) is 6.27. The average Bonchev–Trinajstić information content (AvgIpc) is 2.58. The lowest BCUT2D eigenvalue weighted by atomic mass is 9.94. The minimum atomic E-state index is -0.380. The number of amides is 1. The average molecular weight is 227 g/mol. The van der Waals surface area contributed by atoms with Crippen molar-refractivity contribution in [3.05, 3.63) is 0 Å². The van der Waals surface area contributed by atoms with Gasteiger partial charge in [-0.15, -0.1) is 0 Å². The van der Waals surface area contributed by atoms with Crippen LogP contribution in [0.15, 0.2) is 0 Å². The number of piperidine rings is 1. The Morgan fingerprint density at radius 3 is 2.75 bits per heavy atom. The summed E-state index contributed by atoms with van der Waals surface area (Å²) in [5.74, 6) is 0.682. The van der Waals surface area contributed by atoms with Gasteiger partial charge >= 0.3 is 6.09 Å². The molecule has 0 aromatic heterocycles. The summed E-state index contributed by atoms with van der Waals surface area (Å²) in [5.41, 5.74) is -0.380. The normalized spacial score (nSPS) is 30.1. The molecule has 2 N–H and O–H groups in total. The lowest BCUT2D eigenvalue weighted by molar-refractivity contribution is -0.699. The molecule has 16 heavy (non-hydrogen) atoms. The molecule has 92 valence electrons. The van der Waals surface area contributed by atoms with Gasteiger partial charge in [0.25, 0.3) is 0 Å². The smallest absolute Gasteiger partial charge is 0.410 e. The van der Waals surface area contributed by atoms with E-state index < -0.39 is 0 Å². The van der Waals surface area contributed by atoms with Gasteiger partial charge in [0.05, 0.1) is 13.1 Å². The number of quaternary nitrogens is 1. The molecule has 0 unspecified atom stereocenters. The van der Waals surface area contributed by atoms with Gasteiger partial charge in [0.15, 0.2) is 0 Å². The summed E-state index contributed by atoms with van der Waals surface area (Å²) in [6.07, 6.45) is 2.40. The molecule has 2 heterocycles. The van der Waals surface area contributed by atoms with Crippen LogP contribution in [-0.4, -0.2) is 42.3 Å². The molecule has 2 aliphatic heterocycles. The molecule has 2 fully saturated rings. The molecule has 0 spiro atoms. The molecule has 0 bridgehead atoms. The fourth-order valence-electron chi connectivity index (χ4n) is 2.66. The number of hydrogen-bond acceptors (Lipinski definition) is 2. The summed E-state index contributed by atoms with van der Waals surface area (Å²) < 4.78 is 5.40. The molecular weight excluding hydrogens is 204 g/mol. The summed E-state index contributed by atoms with van der Waals surface area (Å²) in [4.78, 5) is 13.8. The van der Waals surface area contributed by atoms with E-state index in [0.29, 0.717) is 12.0 Å². The molecule has 0 aromatic carbocycles. The van der Waals surface area contributed by atoms with Crippen LogP contribution in [0, 0.1) is 5.92 Å². The summed E-state index contributed by atoms with van der Waals surface area (Å²) in [6.45, 7) is 8.71. The Bertz CT molecular complexity index is 259. The number of nitrogens with zero attached hydrogens (tertiary/aromatic N) is 1. The van der Waals surface area contributed by atoms with E-state index in [4.69, 9.17) is 4.74 Å². The van der Waals surface area contributed by atoms with E-state index in [1.807, 2.05) is 25.7 Å². The van der Waals surface area contributed by atoms with Gasteiger partial charge in [-0.05, 0) is 33.6 Å². The first kappa shape index (κ1) is 11.7. The maximum atomic E-state index is 11.9. The van der Waals surface area contributed by atoms with Gasteiger partial charge in [0.2, 0.25) is 0 Å². The van der Waals surface area contributed by atoms with Crippen molar-refractivity contribution in [3.63, 3.8) is 0 Å². The van der Waals surface area contributed by atoms with Gasteiger partial charge in [-0.1, -0.05) is 0 Å². The fraction of sp³-hybridized carbons (Fsp3) is 0.917. The third-order valence-electron chi connectivity index (χ3n) is 3.39. The zero-order chi connectivity index (χ0) is 11.8. The van der Waals surface area contributed by atoms with Crippen molar-refractivity contribution >= 4 is 6.09 Å². The second-order valence-corrected chi connectivity index (χ2v) is 5.98. The van der Waals surface area contributed by atoms with Crippen LogP contribution in [0.4, 0.5) is 4.79 Å². The minimum Gasteiger partial charge on any atom is -0.444 e. The van der Waals surface area contributed by atoms with E-state index in [1.54, 1.807) is 0 Å². The molecule has 2 saturated heterocycles. The predicted molar refractivity (Wildman–Crippen MR) is 61.1 cm³/mol. The minimum absolute atomic E-state index is 0.143. The number of rotatable bonds is 0. The molecule has 2 aliphatic rings. The molecule has 4 nitrogen and oxygen atoms in total. The van der Waals surface area contributed by atoms with Gasteiger partial charge < -0.3 is 15.0 Å². The zero-order valence-electron chi connectivity index (χ0n) is 10.5. The van der Waals surface area contributed by atoms with Gasteiger partial charge in [-0.2, -0.15) is 0 Å². The van der Waals surface area contributed by atoms with Crippen LogP contribution in [0.5, 0.6) is 0 Å². The van der Waals surface area contributed by atoms with Gasteiger partial charge in [0.1, 0.15) is 11.6 Å². The van der Waals surface area contributed by atoms with E-state index >= 15 is 0 Å². The Labute approximate surface area is 97.3 Å². The van der Waals surface area contributed by atoms with Crippen LogP contribution < -0.4 is 5.32 Å². The van der Waals surface area contributed by atoms with Crippen molar-refractivity contribution in [1.82, 2.24) is 4.90 Å². The van der Waals surface area contributed by atoms with Crippen LogP contribution in [0.3, 0.4) is 0 Å².